The quantitative estimate of drug-likeness (QED) is 0.544. The molecule has 0 saturated heterocycles. The summed E-state index contributed by atoms with van der Waals surface area (Å²) in [6.07, 6.45) is 0.477. The zero-order valence-electron chi connectivity index (χ0n) is 6.14. The first-order chi connectivity index (χ1) is 4.79. The molecule has 4 heteroatoms. The molecular weight excluding hydrogens is 358 g/mol. The van der Waals surface area contributed by atoms with Crippen LogP contribution in [-0.4, -0.2) is 35.3 Å². The molecule has 62 valence electrons. The Morgan fingerprint density at radius 3 is 1.40 bits per heavy atom. The number of hydrogen-bond donors (Lipinski definition) is 0. The summed E-state index contributed by atoms with van der Waals surface area (Å²) in [5.74, 6) is 0. The number of rotatable bonds is 5. The molecule has 0 aliphatic heterocycles. The van der Waals surface area contributed by atoms with Crippen LogP contribution in [-0.2, 0) is 9.47 Å². The number of alkyl halides is 2. The van der Waals surface area contributed by atoms with Crippen LogP contribution in [0.25, 0.3) is 0 Å². The molecule has 0 heterocycles. The second-order valence-electron chi connectivity index (χ2n) is 1.86. The van der Waals surface area contributed by atoms with Crippen LogP contribution >= 0.6 is 45.2 Å². The second kappa shape index (κ2) is 7.05. The molecule has 0 bridgehead atoms. The van der Waals surface area contributed by atoms with E-state index in [9.17, 15) is 0 Å². The maximum absolute atomic E-state index is 5.21. The number of hydrogen-bond acceptors (Lipinski definition) is 2. The van der Waals surface area contributed by atoms with Gasteiger partial charge in [-0.2, -0.15) is 0 Å². The van der Waals surface area contributed by atoms with E-state index in [-0.39, 0.29) is 12.2 Å². The van der Waals surface area contributed by atoms with Gasteiger partial charge >= 0.3 is 0 Å². The standard InChI is InChI=1S/C6H12I2O2/c1-9-5(3-7)6(4-8)10-2/h5-6H,3-4H2,1-2H3/t5-,6-/m0/s1. The fraction of sp³-hybridized carbons (Fsp3) is 1.00. The molecule has 0 radical (unpaired) electrons. The molecule has 0 aromatic rings. The van der Waals surface area contributed by atoms with E-state index in [4.69, 9.17) is 9.47 Å². The van der Waals surface area contributed by atoms with Crippen LogP contribution in [0.3, 0.4) is 0 Å². The largest absolute Gasteiger partial charge is 0.378 e. The summed E-state index contributed by atoms with van der Waals surface area (Å²) in [6, 6.07) is 0. The van der Waals surface area contributed by atoms with E-state index < -0.39 is 0 Å². The minimum Gasteiger partial charge on any atom is -0.378 e. The van der Waals surface area contributed by atoms with Crippen molar-refractivity contribution in [3.8, 4) is 0 Å². The average Bonchev–Trinajstić information content (AvgIpc) is 2.00. The van der Waals surface area contributed by atoms with E-state index in [1.807, 2.05) is 0 Å². The van der Waals surface area contributed by atoms with Gasteiger partial charge in [0.1, 0.15) is 0 Å². The monoisotopic (exact) mass is 370 g/mol. The molecule has 2 atom stereocenters. The molecule has 0 aliphatic rings. The Kier molecular flexibility index (Phi) is 8.03. The van der Waals surface area contributed by atoms with Crippen molar-refractivity contribution in [2.75, 3.05) is 23.1 Å². The van der Waals surface area contributed by atoms with Gasteiger partial charge in [0.05, 0.1) is 12.2 Å². The van der Waals surface area contributed by atoms with Crippen molar-refractivity contribution in [2.24, 2.45) is 0 Å². The smallest absolute Gasteiger partial charge is 0.0929 e. The molecule has 2 nitrogen and oxygen atoms in total. The summed E-state index contributed by atoms with van der Waals surface area (Å²) in [5.41, 5.74) is 0. The van der Waals surface area contributed by atoms with E-state index in [2.05, 4.69) is 45.2 Å². The van der Waals surface area contributed by atoms with Gasteiger partial charge in [0.25, 0.3) is 0 Å². The minimum atomic E-state index is 0.238. The van der Waals surface area contributed by atoms with Crippen LogP contribution in [0, 0.1) is 0 Å². The lowest BCUT2D eigenvalue weighted by Crippen LogP contribution is -2.32. The Balaban J connectivity index is 3.70. The van der Waals surface area contributed by atoms with Gasteiger partial charge in [-0.1, -0.05) is 45.2 Å². The van der Waals surface area contributed by atoms with Crippen LogP contribution in [0.15, 0.2) is 0 Å². The lowest BCUT2D eigenvalue weighted by Gasteiger charge is -2.20. The first-order valence-corrected chi connectivity index (χ1v) is 6.02. The molecule has 0 saturated carbocycles. The molecule has 0 unspecified atom stereocenters. The van der Waals surface area contributed by atoms with E-state index in [0.29, 0.717) is 0 Å². The van der Waals surface area contributed by atoms with E-state index in [1.54, 1.807) is 14.2 Å². The van der Waals surface area contributed by atoms with Crippen molar-refractivity contribution in [1.82, 2.24) is 0 Å². The predicted molar refractivity (Wildman–Crippen MR) is 59.4 cm³/mol. The molecule has 0 amide bonds. The molecule has 0 rings (SSSR count). The topological polar surface area (TPSA) is 18.5 Å². The minimum absolute atomic E-state index is 0.238. The Labute approximate surface area is 89.3 Å². The first kappa shape index (κ1) is 11.4. The molecule has 0 N–H and O–H groups in total. The summed E-state index contributed by atoms with van der Waals surface area (Å²) in [6.45, 7) is 0. The number of halogens is 2. The van der Waals surface area contributed by atoms with Crippen molar-refractivity contribution in [1.29, 1.82) is 0 Å². The molecule has 0 spiro atoms. The fourth-order valence-electron chi connectivity index (χ4n) is 0.628. The molecular formula is C6H12I2O2. The summed E-state index contributed by atoms with van der Waals surface area (Å²) in [7, 11) is 3.45. The van der Waals surface area contributed by atoms with E-state index in [1.165, 1.54) is 0 Å². The lowest BCUT2D eigenvalue weighted by molar-refractivity contribution is -0.00755. The van der Waals surface area contributed by atoms with Gasteiger partial charge in [-0.15, -0.1) is 0 Å². The highest BCUT2D eigenvalue weighted by Gasteiger charge is 2.17. The van der Waals surface area contributed by atoms with Crippen molar-refractivity contribution < 1.29 is 9.47 Å². The third kappa shape index (κ3) is 3.68. The van der Waals surface area contributed by atoms with E-state index >= 15 is 0 Å². The van der Waals surface area contributed by atoms with Gasteiger partial charge in [0, 0.05) is 23.1 Å². The summed E-state index contributed by atoms with van der Waals surface area (Å²) in [4.78, 5) is 0. The van der Waals surface area contributed by atoms with Crippen molar-refractivity contribution >= 4 is 45.2 Å². The SMILES string of the molecule is CO[C@@H](CI)[C@H](CI)OC. The van der Waals surface area contributed by atoms with Crippen molar-refractivity contribution in [3.63, 3.8) is 0 Å². The maximum Gasteiger partial charge on any atom is 0.0929 e. The van der Waals surface area contributed by atoms with Crippen LogP contribution in [0.5, 0.6) is 0 Å². The van der Waals surface area contributed by atoms with Gasteiger partial charge in [0.15, 0.2) is 0 Å². The zero-order chi connectivity index (χ0) is 7.98. The van der Waals surface area contributed by atoms with Gasteiger partial charge in [-0.3, -0.25) is 0 Å². The van der Waals surface area contributed by atoms with Crippen LogP contribution in [0.1, 0.15) is 0 Å². The molecule has 10 heavy (non-hydrogen) atoms. The fourth-order valence-corrected chi connectivity index (χ4v) is 2.48. The Bertz CT molecular complexity index is 62.1. The summed E-state index contributed by atoms with van der Waals surface area (Å²) < 4.78 is 12.4. The number of ether oxygens (including phenoxy) is 2. The van der Waals surface area contributed by atoms with Gasteiger partial charge in [-0.05, 0) is 0 Å². The Hall–Kier alpha value is 1.38. The maximum atomic E-state index is 5.21. The van der Waals surface area contributed by atoms with Gasteiger partial charge < -0.3 is 9.47 Å². The van der Waals surface area contributed by atoms with Crippen LogP contribution in [0.2, 0.25) is 0 Å². The van der Waals surface area contributed by atoms with Gasteiger partial charge in [0.2, 0.25) is 0 Å². The van der Waals surface area contributed by atoms with Crippen LogP contribution in [0.4, 0.5) is 0 Å². The normalized spacial score (nSPS) is 16.8. The molecule has 0 aliphatic carbocycles. The molecule has 0 fully saturated rings. The highest BCUT2D eigenvalue weighted by atomic mass is 127. The zero-order valence-corrected chi connectivity index (χ0v) is 10.5. The highest BCUT2D eigenvalue weighted by molar-refractivity contribution is 14.1. The average molecular weight is 370 g/mol. The van der Waals surface area contributed by atoms with Crippen molar-refractivity contribution in [3.05, 3.63) is 0 Å². The Morgan fingerprint density at radius 2 is 1.30 bits per heavy atom. The Morgan fingerprint density at radius 1 is 1.00 bits per heavy atom. The number of methoxy groups -OCH3 is 2. The highest BCUT2D eigenvalue weighted by Crippen LogP contribution is 2.08. The third-order valence-corrected chi connectivity index (χ3v) is 3.06. The molecule has 0 aromatic heterocycles. The first-order valence-electron chi connectivity index (χ1n) is 2.97. The van der Waals surface area contributed by atoms with E-state index in [0.717, 1.165) is 8.86 Å². The van der Waals surface area contributed by atoms with Gasteiger partial charge in [-0.25, -0.2) is 0 Å². The van der Waals surface area contributed by atoms with Crippen molar-refractivity contribution in [2.45, 2.75) is 12.2 Å². The summed E-state index contributed by atoms with van der Waals surface area (Å²) in [5, 5.41) is 0. The predicted octanol–water partition coefficient (Wildman–Crippen LogP) is 1.89. The van der Waals surface area contributed by atoms with Crippen LogP contribution < -0.4 is 0 Å². The lowest BCUT2D eigenvalue weighted by atomic mass is 10.2. The molecule has 0 aromatic carbocycles. The second-order valence-corrected chi connectivity index (χ2v) is 3.62. The summed E-state index contributed by atoms with van der Waals surface area (Å²) >= 11 is 4.61. The third-order valence-electron chi connectivity index (χ3n) is 1.32.